The number of hydrogen-bond donors (Lipinski definition) is 1. The third kappa shape index (κ3) is 4.20. The number of likely N-dealkylation sites (tertiary alicyclic amines) is 1. The van der Waals surface area contributed by atoms with Gasteiger partial charge in [-0.3, -0.25) is 4.79 Å². The topological polar surface area (TPSA) is 40.5 Å². The molecule has 2 atom stereocenters. The lowest BCUT2D eigenvalue weighted by Crippen LogP contribution is -2.46. The van der Waals surface area contributed by atoms with E-state index < -0.39 is 0 Å². The Hall–Kier alpha value is -0.570. The number of carbonyl (C=O) groups is 1. The van der Waals surface area contributed by atoms with Crippen molar-refractivity contribution in [2.24, 2.45) is 11.8 Å². The zero-order chi connectivity index (χ0) is 13.7. The molecule has 1 N–H and O–H groups in total. The van der Waals surface area contributed by atoms with Crippen LogP contribution in [0.3, 0.4) is 0 Å². The van der Waals surface area contributed by atoms with Crippen LogP contribution in [-0.4, -0.2) is 35.1 Å². The van der Waals surface area contributed by atoms with Crippen molar-refractivity contribution in [3.05, 3.63) is 0 Å². The van der Waals surface area contributed by atoms with Gasteiger partial charge in [-0.15, -0.1) is 0 Å². The molecule has 2 aliphatic rings. The molecule has 0 aromatic rings. The number of aliphatic hydroxyl groups is 1. The Morgan fingerprint density at radius 1 is 1.16 bits per heavy atom. The van der Waals surface area contributed by atoms with E-state index in [-0.39, 0.29) is 12.0 Å². The third-order valence-corrected chi connectivity index (χ3v) is 5.01. The Kier molecular flexibility index (Phi) is 5.68. The first-order chi connectivity index (χ1) is 9.20. The maximum absolute atomic E-state index is 12.4. The highest BCUT2D eigenvalue weighted by molar-refractivity contribution is 5.76. The van der Waals surface area contributed by atoms with Gasteiger partial charge in [0.25, 0.3) is 0 Å². The summed E-state index contributed by atoms with van der Waals surface area (Å²) in [7, 11) is 0. The Morgan fingerprint density at radius 3 is 2.47 bits per heavy atom. The number of carbonyl (C=O) groups excluding carboxylic acids is 1. The van der Waals surface area contributed by atoms with E-state index in [1.165, 1.54) is 38.5 Å². The summed E-state index contributed by atoms with van der Waals surface area (Å²) < 4.78 is 0. The SMILES string of the molecule is CCC1CN(C(=O)CC2CCCCCC2)CCC1O. The van der Waals surface area contributed by atoms with Crippen molar-refractivity contribution < 1.29 is 9.90 Å². The van der Waals surface area contributed by atoms with Crippen LogP contribution >= 0.6 is 0 Å². The zero-order valence-electron chi connectivity index (χ0n) is 12.3. The molecule has 0 radical (unpaired) electrons. The molecule has 1 saturated carbocycles. The molecule has 1 heterocycles. The summed E-state index contributed by atoms with van der Waals surface area (Å²) in [4.78, 5) is 14.4. The molecule has 0 bridgehead atoms. The van der Waals surface area contributed by atoms with E-state index in [0.29, 0.717) is 11.8 Å². The Bertz CT molecular complexity index is 284. The van der Waals surface area contributed by atoms with E-state index in [9.17, 15) is 9.90 Å². The van der Waals surface area contributed by atoms with Gasteiger partial charge in [-0.1, -0.05) is 32.6 Å². The molecule has 1 aliphatic heterocycles. The van der Waals surface area contributed by atoms with Crippen LogP contribution in [0, 0.1) is 11.8 Å². The van der Waals surface area contributed by atoms with Crippen molar-refractivity contribution in [1.29, 1.82) is 0 Å². The fraction of sp³-hybridized carbons (Fsp3) is 0.938. The van der Waals surface area contributed by atoms with E-state index >= 15 is 0 Å². The molecule has 3 nitrogen and oxygen atoms in total. The molecule has 19 heavy (non-hydrogen) atoms. The Morgan fingerprint density at radius 2 is 1.84 bits per heavy atom. The Balaban J connectivity index is 1.82. The Labute approximate surface area is 117 Å². The first-order valence-corrected chi connectivity index (χ1v) is 8.16. The van der Waals surface area contributed by atoms with Gasteiger partial charge in [0.1, 0.15) is 0 Å². The molecule has 110 valence electrons. The van der Waals surface area contributed by atoms with Crippen molar-refractivity contribution in [2.45, 2.75) is 70.8 Å². The molecule has 1 amide bonds. The molecule has 3 heteroatoms. The van der Waals surface area contributed by atoms with Gasteiger partial charge in [-0.2, -0.15) is 0 Å². The molecular weight excluding hydrogens is 238 g/mol. The van der Waals surface area contributed by atoms with Crippen LogP contribution in [0.1, 0.15) is 64.7 Å². The second-order valence-corrected chi connectivity index (χ2v) is 6.43. The van der Waals surface area contributed by atoms with Gasteiger partial charge < -0.3 is 10.0 Å². The number of piperidine rings is 1. The summed E-state index contributed by atoms with van der Waals surface area (Å²) in [6.45, 7) is 3.62. The highest BCUT2D eigenvalue weighted by Gasteiger charge is 2.29. The lowest BCUT2D eigenvalue weighted by molar-refractivity contribution is -0.136. The summed E-state index contributed by atoms with van der Waals surface area (Å²) in [6.07, 6.45) is 10.0. The quantitative estimate of drug-likeness (QED) is 0.799. The molecule has 1 aliphatic carbocycles. The van der Waals surface area contributed by atoms with Gasteiger partial charge >= 0.3 is 0 Å². The fourth-order valence-corrected chi connectivity index (χ4v) is 3.59. The van der Waals surface area contributed by atoms with Crippen LogP contribution in [0.2, 0.25) is 0 Å². The van der Waals surface area contributed by atoms with Crippen molar-refractivity contribution in [3.63, 3.8) is 0 Å². The summed E-state index contributed by atoms with van der Waals surface area (Å²) in [5.41, 5.74) is 0. The normalized spacial score (nSPS) is 30.1. The van der Waals surface area contributed by atoms with Gasteiger partial charge in [-0.05, 0) is 31.6 Å². The van der Waals surface area contributed by atoms with E-state index in [4.69, 9.17) is 0 Å². The largest absolute Gasteiger partial charge is 0.393 e. The monoisotopic (exact) mass is 267 g/mol. The van der Waals surface area contributed by atoms with Gasteiger partial charge in [0, 0.05) is 25.4 Å². The fourth-order valence-electron chi connectivity index (χ4n) is 3.59. The summed E-state index contributed by atoms with van der Waals surface area (Å²) in [5, 5.41) is 9.89. The average molecular weight is 267 g/mol. The second-order valence-electron chi connectivity index (χ2n) is 6.43. The van der Waals surface area contributed by atoms with Crippen LogP contribution in [-0.2, 0) is 4.79 Å². The van der Waals surface area contributed by atoms with Gasteiger partial charge in [-0.25, -0.2) is 0 Å². The van der Waals surface area contributed by atoms with Crippen LogP contribution in [0.25, 0.3) is 0 Å². The van der Waals surface area contributed by atoms with E-state index in [1.54, 1.807) is 0 Å². The first-order valence-electron chi connectivity index (χ1n) is 8.16. The molecule has 0 spiro atoms. The number of amides is 1. The minimum absolute atomic E-state index is 0.202. The smallest absolute Gasteiger partial charge is 0.222 e. The predicted octanol–water partition coefficient (Wildman–Crippen LogP) is 2.97. The number of rotatable bonds is 3. The number of aliphatic hydroxyl groups excluding tert-OH is 1. The van der Waals surface area contributed by atoms with Gasteiger partial charge in [0.15, 0.2) is 0 Å². The zero-order valence-corrected chi connectivity index (χ0v) is 12.3. The number of hydrogen-bond acceptors (Lipinski definition) is 2. The molecule has 2 unspecified atom stereocenters. The predicted molar refractivity (Wildman–Crippen MR) is 76.8 cm³/mol. The molecule has 0 aromatic heterocycles. The number of nitrogens with zero attached hydrogens (tertiary/aromatic N) is 1. The van der Waals surface area contributed by atoms with Crippen LogP contribution < -0.4 is 0 Å². The van der Waals surface area contributed by atoms with Crippen molar-refractivity contribution in [2.75, 3.05) is 13.1 Å². The van der Waals surface area contributed by atoms with E-state index in [0.717, 1.165) is 32.4 Å². The molecule has 2 fully saturated rings. The molecule has 0 aromatic carbocycles. The van der Waals surface area contributed by atoms with Crippen LogP contribution in [0.15, 0.2) is 0 Å². The minimum Gasteiger partial charge on any atom is -0.393 e. The lowest BCUT2D eigenvalue weighted by atomic mass is 9.91. The average Bonchev–Trinajstić information content (AvgIpc) is 2.68. The standard InChI is InChI=1S/C16H29NO2/c1-2-14-12-17(10-9-15(14)18)16(19)11-13-7-5-3-4-6-8-13/h13-15,18H,2-12H2,1H3. The molecular formula is C16H29NO2. The van der Waals surface area contributed by atoms with Crippen molar-refractivity contribution >= 4 is 5.91 Å². The maximum atomic E-state index is 12.4. The third-order valence-electron chi connectivity index (χ3n) is 5.01. The van der Waals surface area contributed by atoms with E-state index in [2.05, 4.69) is 6.92 Å². The first kappa shape index (κ1) is 14.8. The minimum atomic E-state index is -0.202. The van der Waals surface area contributed by atoms with E-state index in [1.807, 2.05) is 4.90 Å². The van der Waals surface area contributed by atoms with Crippen LogP contribution in [0.4, 0.5) is 0 Å². The van der Waals surface area contributed by atoms with Crippen molar-refractivity contribution in [3.8, 4) is 0 Å². The van der Waals surface area contributed by atoms with Crippen LogP contribution in [0.5, 0.6) is 0 Å². The summed E-state index contributed by atoms with van der Waals surface area (Å²) in [5.74, 6) is 1.23. The molecule has 2 rings (SSSR count). The highest BCUT2D eigenvalue weighted by atomic mass is 16.3. The highest BCUT2D eigenvalue weighted by Crippen LogP contribution is 2.27. The van der Waals surface area contributed by atoms with Gasteiger partial charge in [0.2, 0.25) is 5.91 Å². The van der Waals surface area contributed by atoms with Crippen molar-refractivity contribution in [1.82, 2.24) is 4.90 Å². The second kappa shape index (κ2) is 7.28. The summed E-state index contributed by atoms with van der Waals surface area (Å²) in [6, 6.07) is 0. The lowest BCUT2D eigenvalue weighted by Gasteiger charge is -2.36. The summed E-state index contributed by atoms with van der Waals surface area (Å²) >= 11 is 0. The van der Waals surface area contributed by atoms with Gasteiger partial charge in [0.05, 0.1) is 6.10 Å². The maximum Gasteiger partial charge on any atom is 0.222 e. The molecule has 1 saturated heterocycles.